The third-order valence-corrected chi connectivity index (χ3v) is 6.37. The lowest BCUT2D eigenvalue weighted by molar-refractivity contribution is -0.0951. The summed E-state index contributed by atoms with van der Waals surface area (Å²) in [4.78, 5) is 0. The summed E-state index contributed by atoms with van der Waals surface area (Å²) < 4.78 is 0. The molecule has 1 nitrogen and oxygen atoms in total. The Morgan fingerprint density at radius 3 is 2.47 bits per heavy atom. The summed E-state index contributed by atoms with van der Waals surface area (Å²) in [6, 6.07) is 0. The molecule has 2 aliphatic rings. The third kappa shape index (κ3) is 2.16. The van der Waals surface area contributed by atoms with Gasteiger partial charge in [0.05, 0.1) is 6.10 Å². The lowest BCUT2D eigenvalue weighted by Gasteiger charge is -2.55. The average Bonchev–Trinajstić information content (AvgIpc) is 2.21. The zero-order valence-electron chi connectivity index (χ0n) is 12.3. The third-order valence-electron chi connectivity index (χ3n) is 6.37. The molecule has 100 valence electrons. The van der Waals surface area contributed by atoms with Crippen molar-refractivity contribution in [3.8, 4) is 0 Å². The summed E-state index contributed by atoms with van der Waals surface area (Å²) in [7, 11) is 0. The molecule has 0 bridgehead atoms. The second-order valence-electron chi connectivity index (χ2n) is 7.77. The Kier molecular flexibility index (Phi) is 3.36. The van der Waals surface area contributed by atoms with Crippen molar-refractivity contribution in [3.63, 3.8) is 0 Å². The molecule has 0 aromatic carbocycles. The standard InChI is InChI=1S/C16H30O/c1-11-9-13-7-6-8-15(3,4)14(13)10-16(11,5)12(2)17/h11-14,17H,6-10H2,1-5H3/t11-,12-,13-,14-,16-/m1/s1. The van der Waals surface area contributed by atoms with E-state index in [2.05, 4.69) is 27.7 Å². The summed E-state index contributed by atoms with van der Waals surface area (Å²) >= 11 is 0. The van der Waals surface area contributed by atoms with Gasteiger partial charge in [-0.15, -0.1) is 0 Å². The first-order valence-corrected chi connectivity index (χ1v) is 7.45. The minimum absolute atomic E-state index is 0.135. The normalized spacial score (nSPS) is 47.3. The van der Waals surface area contributed by atoms with Crippen molar-refractivity contribution >= 4 is 0 Å². The quantitative estimate of drug-likeness (QED) is 0.724. The first kappa shape index (κ1) is 13.4. The van der Waals surface area contributed by atoms with Gasteiger partial charge in [-0.3, -0.25) is 0 Å². The Morgan fingerprint density at radius 2 is 1.88 bits per heavy atom. The number of hydrogen-bond donors (Lipinski definition) is 1. The van der Waals surface area contributed by atoms with Crippen LogP contribution in [-0.4, -0.2) is 11.2 Å². The van der Waals surface area contributed by atoms with E-state index in [9.17, 15) is 5.11 Å². The zero-order valence-corrected chi connectivity index (χ0v) is 12.3. The molecule has 5 atom stereocenters. The number of aliphatic hydroxyl groups excluding tert-OH is 1. The van der Waals surface area contributed by atoms with E-state index in [1.165, 1.54) is 32.1 Å². The molecule has 1 N–H and O–H groups in total. The van der Waals surface area contributed by atoms with E-state index < -0.39 is 0 Å². The maximum absolute atomic E-state index is 10.2. The van der Waals surface area contributed by atoms with Crippen molar-refractivity contribution in [3.05, 3.63) is 0 Å². The molecule has 0 saturated heterocycles. The Labute approximate surface area is 107 Å². The van der Waals surface area contributed by atoms with Gasteiger partial charge in [-0.25, -0.2) is 0 Å². The van der Waals surface area contributed by atoms with Crippen LogP contribution >= 0.6 is 0 Å². The van der Waals surface area contributed by atoms with Crippen molar-refractivity contribution < 1.29 is 5.11 Å². The van der Waals surface area contributed by atoms with Crippen LogP contribution < -0.4 is 0 Å². The highest BCUT2D eigenvalue weighted by Crippen LogP contribution is 2.57. The molecule has 0 heterocycles. The zero-order chi connectivity index (χ0) is 12.8. The van der Waals surface area contributed by atoms with Crippen molar-refractivity contribution in [1.82, 2.24) is 0 Å². The summed E-state index contributed by atoms with van der Waals surface area (Å²) in [6.45, 7) is 11.5. The molecule has 0 amide bonds. The molecule has 0 radical (unpaired) electrons. The van der Waals surface area contributed by atoms with Gasteiger partial charge in [-0.05, 0) is 54.8 Å². The monoisotopic (exact) mass is 238 g/mol. The summed E-state index contributed by atoms with van der Waals surface area (Å²) in [5, 5.41) is 10.2. The van der Waals surface area contributed by atoms with Gasteiger partial charge in [-0.2, -0.15) is 0 Å². The number of hydrogen-bond acceptors (Lipinski definition) is 1. The minimum atomic E-state index is -0.170. The van der Waals surface area contributed by atoms with Gasteiger partial charge in [0.1, 0.15) is 0 Å². The summed E-state index contributed by atoms with van der Waals surface area (Å²) in [5.74, 6) is 2.41. The molecule has 1 heteroatoms. The predicted molar refractivity (Wildman–Crippen MR) is 72.8 cm³/mol. The highest BCUT2D eigenvalue weighted by molar-refractivity contribution is 5.00. The average molecular weight is 238 g/mol. The lowest BCUT2D eigenvalue weighted by Crippen LogP contribution is -2.49. The van der Waals surface area contributed by atoms with Gasteiger partial charge < -0.3 is 5.11 Å². The Morgan fingerprint density at radius 1 is 1.24 bits per heavy atom. The Balaban J connectivity index is 2.23. The van der Waals surface area contributed by atoms with E-state index in [1.807, 2.05) is 6.92 Å². The van der Waals surface area contributed by atoms with Crippen LogP contribution in [0.4, 0.5) is 0 Å². The fourth-order valence-electron chi connectivity index (χ4n) is 4.55. The SMILES string of the molecule is C[C@@H]1C[C@H]2CCCC(C)(C)[C@@H]2C[C@@]1(C)[C@@H](C)O. The van der Waals surface area contributed by atoms with Crippen molar-refractivity contribution in [2.75, 3.05) is 0 Å². The summed E-state index contributed by atoms with van der Waals surface area (Å²) in [5.41, 5.74) is 0.620. The highest BCUT2D eigenvalue weighted by Gasteiger charge is 2.50. The molecule has 2 aliphatic carbocycles. The van der Waals surface area contributed by atoms with Gasteiger partial charge in [0.15, 0.2) is 0 Å². The fourth-order valence-corrected chi connectivity index (χ4v) is 4.55. The maximum atomic E-state index is 10.2. The largest absolute Gasteiger partial charge is 0.393 e. The molecular weight excluding hydrogens is 208 g/mol. The molecule has 0 unspecified atom stereocenters. The number of aliphatic hydroxyl groups is 1. The van der Waals surface area contributed by atoms with E-state index in [0.29, 0.717) is 11.3 Å². The van der Waals surface area contributed by atoms with E-state index in [4.69, 9.17) is 0 Å². The molecule has 0 aliphatic heterocycles. The smallest absolute Gasteiger partial charge is 0.0568 e. The van der Waals surface area contributed by atoms with Crippen LogP contribution in [0.25, 0.3) is 0 Å². The van der Waals surface area contributed by atoms with Crippen LogP contribution in [0, 0.1) is 28.6 Å². The molecule has 2 saturated carbocycles. The van der Waals surface area contributed by atoms with Gasteiger partial charge in [-0.1, -0.05) is 40.5 Å². The molecule has 2 fully saturated rings. The van der Waals surface area contributed by atoms with Crippen molar-refractivity contribution in [2.24, 2.45) is 28.6 Å². The first-order valence-electron chi connectivity index (χ1n) is 7.45. The topological polar surface area (TPSA) is 20.2 Å². The maximum Gasteiger partial charge on any atom is 0.0568 e. The molecule has 0 spiro atoms. The van der Waals surface area contributed by atoms with Crippen LogP contribution in [-0.2, 0) is 0 Å². The van der Waals surface area contributed by atoms with Crippen LogP contribution in [0.3, 0.4) is 0 Å². The van der Waals surface area contributed by atoms with Crippen molar-refractivity contribution in [2.45, 2.75) is 72.8 Å². The van der Waals surface area contributed by atoms with E-state index >= 15 is 0 Å². The Bertz CT molecular complexity index is 281. The van der Waals surface area contributed by atoms with E-state index in [1.54, 1.807) is 0 Å². The van der Waals surface area contributed by atoms with Crippen LogP contribution in [0.15, 0.2) is 0 Å². The van der Waals surface area contributed by atoms with Gasteiger partial charge >= 0.3 is 0 Å². The van der Waals surface area contributed by atoms with Gasteiger partial charge in [0, 0.05) is 0 Å². The van der Waals surface area contributed by atoms with Crippen LogP contribution in [0.1, 0.15) is 66.7 Å². The molecular formula is C16H30O. The highest BCUT2D eigenvalue weighted by atomic mass is 16.3. The second kappa shape index (κ2) is 4.26. The lowest BCUT2D eigenvalue weighted by atomic mass is 9.50. The molecule has 2 rings (SSSR count). The molecule has 0 aromatic heterocycles. The summed E-state index contributed by atoms with van der Waals surface area (Å²) in [6.07, 6.45) is 6.59. The van der Waals surface area contributed by atoms with Gasteiger partial charge in [0.2, 0.25) is 0 Å². The van der Waals surface area contributed by atoms with Crippen molar-refractivity contribution in [1.29, 1.82) is 0 Å². The minimum Gasteiger partial charge on any atom is -0.393 e. The Hall–Kier alpha value is -0.0400. The number of fused-ring (bicyclic) bond motifs is 1. The molecule has 17 heavy (non-hydrogen) atoms. The first-order chi connectivity index (χ1) is 7.77. The van der Waals surface area contributed by atoms with Crippen LogP contribution in [0.2, 0.25) is 0 Å². The van der Waals surface area contributed by atoms with Gasteiger partial charge in [0.25, 0.3) is 0 Å². The fraction of sp³-hybridized carbons (Fsp3) is 1.00. The van der Waals surface area contributed by atoms with E-state index in [-0.39, 0.29) is 11.5 Å². The molecule has 0 aromatic rings. The van der Waals surface area contributed by atoms with Crippen LogP contribution in [0.5, 0.6) is 0 Å². The second-order valence-corrected chi connectivity index (χ2v) is 7.77. The predicted octanol–water partition coefficient (Wildman–Crippen LogP) is 4.25. The van der Waals surface area contributed by atoms with E-state index in [0.717, 1.165) is 11.8 Å². The number of rotatable bonds is 1.